The van der Waals surface area contributed by atoms with Gasteiger partial charge in [0.15, 0.2) is 0 Å². The van der Waals surface area contributed by atoms with Gasteiger partial charge in [0.05, 0.1) is 6.10 Å². The molecule has 2 unspecified atom stereocenters. The van der Waals surface area contributed by atoms with E-state index in [2.05, 4.69) is 5.32 Å². The summed E-state index contributed by atoms with van der Waals surface area (Å²) in [4.78, 5) is 13.0. The van der Waals surface area contributed by atoms with Crippen LogP contribution in [0.4, 0.5) is 4.39 Å². The highest BCUT2D eigenvalue weighted by Gasteiger charge is 2.13. The number of nitrogens with one attached hydrogen (secondary N) is 1. The summed E-state index contributed by atoms with van der Waals surface area (Å²) < 4.78 is 12.7. The van der Waals surface area contributed by atoms with Crippen molar-refractivity contribution in [1.29, 1.82) is 0 Å². The molecule has 0 aliphatic heterocycles. The zero-order valence-corrected chi connectivity index (χ0v) is 11.6. The van der Waals surface area contributed by atoms with Crippen molar-refractivity contribution in [1.82, 2.24) is 10.2 Å². The Morgan fingerprint density at radius 1 is 1.37 bits per heavy atom. The second-order valence-electron chi connectivity index (χ2n) is 4.87. The number of hydrogen-bond donors (Lipinski definition) is 2. The molecule has 0 fully saturated rings. The molecular weight excluding hydrogens is 247 g/mol. The average Bonchev–Trinajstić information content (AvgIpc) is 2.36. The summed E-state index contributed by atoms with van der Waals surface area (Å²) in [5, 5.41) is 13.0. The number of nitrogens with zero attached hydrogens (tertiary/aromatic N) is 1. The van der Waals surface area contributed by atoms with Crippen LogP contribution in [0.1, 0.15) is 25.0 Å². The lowest BCUT2D eigenvalue weighted by Gasteiger charge is -2.19. The predicted molar refractivity (Wildman–Crippen MR) is 72.1 cm³/mol. The van der Waals surface area contributed by atoms with E-state index in [1.165, 1.54) is 17.0 Å². The van der Waals surface area contributed by atoms with Gasteiger partial charge in [-0.2, -0.15) is 0 Å². The van der Waals surface area contributed by atoms with E-state index in [1.54, 1.807) is 26.2 Å². The normalized spacial score (nSPS) is 13.9. The molecule has 1 rings (SSSR count). The number of halogens is 1. The standard InChI is InChI=1S/C14H21FN2O2/c1-10(8-14(19)17(2)3)16-9-13(18)11-4-6-12(15)7-5-11/h4-7,10,13,16,18H,8-9H2,1-3H3. The highest BCUT2D eigenvalue weighted by Crippen LogP contribution is 2.12. The van der Waals surface area contributed by atoms with E-state index in [0.717, 1.165) is 0 Å². The van der Waals surface area contributed by atoms with E-state index in [9.17, 15) is 14.3 Å². The zero-order chi connectivity index (χ0) is 14.4. The third-order valence-corrected chi connectivity index (χ3v) is 2.89. The van der Waals surface area contributed by atoms with E-state index in [1.807, 2.05) is 6.92 Å². The lowest BCUT2D eigenvalue weighted by molar-refractivity contribution is -0.129. The Labute approximate surface area is 113 Å². The van der Waals surface area contributed by atoms with Crippen LogP contribution in [0.5, 0.6) is 0 Å². The number of carbonyl (C=O) groups excluding carboxylic acids is 1. The fraction of sp³-hybridized carbons (Fsp3) is 0.500. The highest BCUT2D eigenvalue weighted by molar-refractivity contribution is 5.76. The quantitative estimate of drug-likeness (QED) is 0.818. The minimum absolute atomic E-state index is 0.0231. The van der Waals surface area contributed by atoms with Crippen molar-refractivity contribution < 1.29 is 14.3 Å². The molecular formula is C14H21FN2O2. The second-order valence-corrected chi connectivity index (χ2v) is 4.87. The molecule has 0 bridgehead atoms. The van der Waals surface area contributed by atoms with Gasteiger partial charge in [0.1, 0.15) is 5.82 Å². The van der Waals surface area contributed by atoms with E-state index in [-0.39, 0.29) is 17.8 Å². The molecule has 0 saturated heterocycles. The topological polar surface area (TPSA) is 52.6 Å². The number of amides is 1. The monoisotopic (exact) mass is 268 g/mol. The minimum Gasteiger partial charge on any atom is -0.387 e. The number of carbonyl (C=O) groups is 1. The number of aliphatic hydroxyl groups excluding tert-OH is 1. The van der Waals surface area contributed by atoms with Gasteiger partial charge in [-0.15, -0.1) is 0 Å². The summed E-state index contributed by atoms with van der Waals surface area (Å²) in [6, 6.07) is 5.72. The van der Waals surface area contributed by atoms with E-state index < -0.39 is 6.10 Å². The molecule has 1 aromatic carbocycles. The summed E-state index contributed by atoms with van der Waals surface area (Å²) in [7, 11) is 3.42. The maximum absolute atomic E-state index is 12.7. The first-order valence-corrected chi connectivity index (χ1v) is 6.27. The van der Waals surface area contributed by atoms with Crippen LogP contribution in [0.3, 0.4) is 0 Å². The maximum atomic E-state index is 12.7. The molecule has 2 N–H and O–H groups in total. The summed E-state index contributed by atoms with van der Waals surface area (Å²) >= 11 is 0. The van der Waals surface area contributed by atoms with Crippen molar-refractivity contribution >= 4 is 5.91 Å². The van der Waals surface area contributed by atoms with Gasteiger partial charge < -0.3 is 15.3 Å². The van der Waals surface area contributed by atoms with Gasteiger partial charge in [-0.3, -0.25) is 4.79 Å². The maximum Gasteiger partial charge on any atom is 0.223 e. The molecule has 106 valence electrons. The smallest absolute Gasteiger partial charge is 0.223 e. The van der Waals surface area contributed by atoms with Gasteiger partial charge in [-0.05, 0) is 24.6 Å². The summed E-state index contributed by atoms with van der Waals surface area (Å²) in [5.74, 6) is -0.287. The molecule has 0 radical (unpaired) electrons. The van der Waals surface area contributed by atoms with Crippen LogP contribution < -0.4 is 5.32 Å². The van der Waals surface area contributed by atoms with Crippen LogP contribution in [-0.4, -0.2) is 42.6 Å². The molecule has 0 spiro atoms. The lowest BCUT2D eigenvalue weighted by atomic mass is 10.1. The summed E-state index contributed by atoms with van der Waals surface area (Å²) in [6.07, 6.45) is -0.333. The zero-order valence-electron chi connectivity index (χ0n) is 11.6. The highest BCUT2D eigenvalue weighted by atomic mass is 19.1. The van der Waals surface area contributed by atoms with Crippen LogP contribution in [0.25, 0.3) is 0 Å². The van der Waals surface area contributed by atoms with Crippen LogP contribution in [0.15, 0.2) is 24.3 Å². The summed E-state index contributed by atoms with van der Waals surface area (Å²) in [5.41, 5.74) is 0.653. The van der Waals surface area contributed by atoms with E-state index >= 15 is 0 Å². The van der Waals surface area contributed by atoms with Gasteiger partial charge >= 0.3 is 0 Å². The number of rotatable bonds is 6. The third kappa shape index (κ3) is 5.36. The van der Waals surface area contributed by atoms with Gasteiger partial charge in [-0.1, -0.05) is 12.1 Å². The molecule has 4 nitrogen and oxygen atoms in total. The Hall–Kier alpha value is -1.46. The van der Waals surface area contributed by atoms with Gasteiger partial charge in [0, 0.05) is 33.1 Å². The second kappa shape index (κ2) is 7.21. The first-order valence-electron chi connectivity index (χ1n) is 6.27. The molecule has 1 amide bonds. The molecule has 0 heterocycles. The van der Waals surface area contributed by atoms with Crippen molar-refractivity contribution in [3.63, 3.8) is 0 Å². The van der Waals surface area contributed by atoms with Crippen molar-refractivity contribution in [2.45, 2.75) is 25.5 Å². The molecule has 0 saturated carbocycles. The molecule has 5 heteroatoms. The van der Waals surface area contributed by atoms with Crippen LogP contribution in [0, 0.1) is 5.82 Å². The SMILES string of the molecule is CC(CC(=O)N(C)C)NCC(O)c1ccc(F)cc1. The molecule has 19 heavy (non-hydrogen) atoms. The van der Waals surface area contributed by atoms with Crippen molar-refractivity contribution in [2.24, 2.45) is 0 Å². The van der Waals surface area contributed by atoms with Crippen molar-refractivity contribution in [3.05, 3.63) is 35.6 Å². The van der Waals surface area contributed by atoms with Gasteiger partial charge in [0.2, 0.25) is 5.91 Å². The van der Waals surface area contributed by atoms with Gasteiger partial charge in [-0.25, -0.2) is 4.39 Å². The van der Waals surface area contributed by atoms with E-state index in [0.29, 0.717) is 18.5 Å². The largest absolute Gasteiger partial charge is 0.387 e. The lowest BCUT2D eigenvalue weighted by Crippen LogP contribution is -2.35. The Bertz CT molecular complexity index is 406. The number of aliphatic hydroxyl groups is 1. The van der Waals surface area contributed by atoms with E-state index in [4.69, 9.17) is 0 Å². The molecule has 2 atom stereocenters. The number of benzene rings is 1. The fourth-order valence-corrected chi connectivity index (χ4v) is 1.63. The van der Waals surface area contributed by atoms with Crippen molar-refractivity contribution in [3.8, 4) is 0 Å². The molecule has 0 aliphatic rings. The Balaban J connectivity index is 2.39. The van der Waals surface area contributed by atoms with Crippen LogP contribution in [-0.2, 0) is 4.79 Å². The Morgan fingerprint density at radius 3 is 2.47 bits per heavy atom. The van der Waals surface area contributed by atoms with Crippen LogP contribution >= 0.6 is 0 Å². The first-order chi connectivity index (χ1) is 8.90. The molecule has 1 aromatic rings. The fourth-order valence-electron chi connectivity index (χ4n) is 1.63. The predicted octanol–water partition coefficient (Wildman–Crippen LogP) is 1.32. The van der Waals surface area contributed by atoms with Crippen LogP contribution in [0.2, 0.25) is 0 Å². The third-order valence-electron chi connectivity index (χ3n) is 2.89. The Kier molecular flexibility index (Phi) is 5.92. The molecule has 0 aromatic heterocycles. The Morgan fingerprint density at radius 2 is 1.95 bits per heavy atom. The number of hydrogen-bond acceptors (Lipinski definition) is 3. The average molecular weight is 268 g/mol. The molecule has 0 aliphatic carbocycles. The van der Waals surface area contributed by atoms with Crippen molar-refractivity contribution in [2.75, 3.05) is 20.6 Å². The first kappa shape index (κ1) is 15.6. The van der Waals surface area contributed by atoms with Gasteiger partial charge in [0.25, 0.3) is 0 Å². The minimum atomic E-state index is -0.711. The summed E-state index contributed by atoms with van der Waals surface area (Å²) in [6.45, 7) is 2.21.